The number of hydrogen-bond acceptors (Lipinski definition) is 7. The molecule has 0 saturated carbocycles. The SMILES string of the molecule is CCOc1cc(C(=O)Nc2ccc(-n3cnnn3)c(C)c2)ccc1OCC(=O)N1CCCCC1. The molecule has 1 saturated heterocycles. The second-order valence-electron chi connectivity index (χ2n) is 8.03. The number of tetrazole rings is 1. The van der Waals surface area contributed by atoms with Gasteiger partial charge in [-0.05, 0) is 85.5 Å². The molecule has 1 aromatic heterocycles. The molecule has 178 valence electrons. The minimum atomic E-state index is -0.286. The van der Waals surface area contributed by atoms with E-state index in [2.05, 4.69) is 20.8 Å². The van der Waals surface area contributed by atoms with E-state index in [4.69, 9.17) is 9.47 Å². The van der Waals surface area contributed by atoms with Crippen LogP contribution in [0.2, 0.25) is 0 Å². The van der Waals surface area contributed by atoms with Crippen LogP contribution in [0.5, 0.6) is 11.5 Å². The van der Waals surface area contributed by atoms with Crippen LogP contribution in [-0.4, -0.2) is 63.2 Å². The third-order valence-electron chi connectivity index (χ3n) is 5.62. The first-order valence-electron chi connectivity index (χ1n) is 11.4. The summed E-state index contributed by atoms with van der Waals surface area (Å²) in [7, 11) is 0. The maximum Gasteiger partial charge on any atom is 0.260 e. The average Bonchev–Trinajstić information content (AvgIpc) is 3.38. The summed E-state index contributed by atoms with van der Waals surface area (Å²) in [6.45, 7) is 5.66. The van der Waals surface area contributed by atoms with Gasteiger partial charge in [-0.2, -0.15) is 0 Å². The zero-order valence-corrected chi connectivity index (χ0v) is 19.4. The molecule has 1 N–H and O–H groups in total. The van der Waals surface area contributed by atoms with Gasteiger partial charge in [0.25, 0.3) is 11.8 Å². The van der Waals surface area contributed by atoms with Gasteiger partial charge in [-0.15, -0.1) is 5.10 Å². The number of amides is 2. The second kappa shape index (κ2) is 10.8. The molecular weight excluding hydrogens is 436 g/mol. The molecule has 10 heteroatoms. The van der Waals surface area contributed by atoms with Crippen molar-refractivity contribution in [3.8, 4) is 17.2 Å². The Morgan fingerprint density at radius 2 is 1.85 bits per heavy atom. The van der Waals surface area contributed by atoms with Crippen LogP contribution in [0.4, 0.5) is 5.69 Å². The summed E-state index contributed by atoms with van der Waals surface area (Å²) in [4.78, 5) is 27.1. The maximum absolute atomic E-state index is 12.9. The predicted molar refractivity (Wildman–Crippen MR) is 125 cm³/mol. The van der Waals surface area contributed by atoms with Crippen molar-refractivity contribution >= 4 is 17.5 Å². The van der Waals surface area contributed by atoms with Crippen LogP contribution in [0.3, 0.4) is 0 Å². The molecule has 2 heterocycles. The van der Waals surface area contributed by atoms with E-state index in [0.29, 0.717) is 29.4 Å². The first-order chi connectivity index (χ1) is 16.5. The van der Waals surface area contributed by atoms with Crippen molar-refractivity contribution in [2.45, 2.75) is 33.1 Å². The molecule has 0 unspecified atom stereocenters. The summed E-state index contributed by atoms with van der Waals surface area (Å²) in [5.41, 5.74) is 2.79. The molecule has 1 aliphatic heterocycles. The maximum atomic E-state index is 12.9. The fraction of sp³-hybridized carbons (Fsp3) is 0.375. The van der Waals surface area contributed by atoms with Gasteiger partial charge >= 0.3 is 0 Å². The molecule has 34 heavy (non-hydrogen) atoms. The molecule has 1 fully saturated rings. The highest BCUT2D eigenvalue weighted by Crippen LogP contribution is 2.29. The molecule has 0 radical (unpaired) electrons. The van der Waals surface area contributed by atoms with E-state index in [1.165, 1.54) is 6.33 Å². The van der Waals surface area contributed by atoms with E-state index >= 15 is 0 Å². The summed E-state index contributed by atoms with van der Waals surface area (Å²) in [5, 5.41) is 14.1. The molecule has 10 nitrogen and oxygen atoms in total. The number of piperidine rings is 1. The number of aryl methyl sites for hydroxylation is 1. The van der Waals surface area contributed by atoms with Crippen LogP contribution in [0.1, 0.15) is 42.1 Å². The van der Waals surface area contributed by atoms with E-state index in [0.717, 1.165) is 43.6 Å². The van der Waals surface area contributed by atoms with Crippen LogP contribution in [0.25, 0.3) is 5.69 Å². The normalized spacial score (nSPS) is 13.4. The van der Waals surface area contributed by atoms with E-state index in [9.17, 15) is 9.59 Å². The number of rotatable bonds is 8. The summed E-state index contributed by atoms with van der Waals surface area (Å²) in [6, 6.07) is 10.4. The molecule has 0 atom stereocenters. The lowest BCUT2D eigenvalue weighted by Gasteiger charge is -2.26. The summed E-state index contributed by atoms with van der Waals surface area (Å²) in [5.74, 6) is 0.535. The number of carbonyl (C=O) groups excluding carboxylic acids is 2. The zero-order chi connectivity index (χ0) is 23.9. The van der Waals surface area contributed by atoms with Crippen LogP contribution < -0.4 is 14.8 Å². The molecule has 1 aliphatic rings. The summed E-state index contributed by atoms with van der Waals surface area (Å²) < 4.78 is 13.0. The smallest absolute Gasteiger partial charge is 0.260 e. The molecule has 0 aliphatic carbocycles. The Morgan fingerprint density at radius 3 is 2.56 bits per heavy atom. The Labute approximate surface area is 197 Å². The van der Waals surface area contributed by atoms with Crippen molar-refractivity contribution in [3.63, 3.8) is 0 Å². The topological polar surface area (TPSA) is 111 Å². The van der Waals surface area contributed by atoms with Gasteiger partial charge in [-0.25, -0.2) is 4.68 Å². The van der Waals surface area contributed by atoms with Crippen molar-refractivity contribution in [2.24, 2.45) is 0 Å². The minimum absolute atomic E-state index is 0.0375. The van der Waals surface area contributed by atoms with Crippen molar-refractivity contribution < 1.29 is 19.1 Å². The highest BCUT2D eigenvalue weighted by atomic mass is 16.5. The van der Waals surface area contributed by atoms with E-state index in [1.54, 1.807) is 28.9 Å². The number of likely N-dealkylation sites (tertiary alicyclic amines) is 1. The van der Waals surface area contributed by atoms with Gasteiger partial charge in [0.15, 0.2) is 18.1 Å². The second-order valence-corrected chi connectivity index (χ2v) is 8.03. The van der Waals surface area contributed by atoms with Crippen LogP contribution in [-0.2, 0) is 4.79 Å². The first-order valence-corrected chi connectivity index (χ1v) is 11.4. The number of hydrogen-bond donors (Lipinski definition) is 1. The van der Waals surface area contributed by atoms with Crippen molar-refractivity contribution in [2.75, 3.05) is 31.6 Å². The van der Waals surface area contributed by atoms with Crippen molar-refractivity contribution in [1.29, 1.82) is 0 Å². The number of nitrogens with one attached hydrogen (secondary N) is 1. The van der Waals surface area contributed by atoms with Gasteiger partial charge in [0, 0.05) is 24.3 Å². The summed E-state index contributed by atoms with van der Waals surface area (Å²) in [6.07, 6.45) is 4.73. The van der Waals surface area contributed by atoms with Crippen molar-refractivity contribution in [1.82, 2.24) is 25.1 Å². The number of aromatic nitrogens is 4. The molecule has 2 amide bonds. The Morgan fingerprint density at radius 1 is 1.03 bits per heavy atom. The van der Waals surface area contributed by atoms with E-state index in [-0.39, 0.29) is 18.4 Å². The number of nitrogens with zero attached hydrogens (tertiary/aromatic N) is 5. The summed E-state index contributed by atoms with van der Waals surface area (Å²) >= 11 is 0. The molecule has 4 rings (SSSR count). The monoisotopic (exact) mass is 464 g/mol. The van der Waals surface area contributed by atoms with E-state index in [1.807, 2.05) is 30.9 Å². The van der Waals surface area contributed by atoms with Gasteiger partial charge in [0.1, 0.15) is 6.33 Å². The highest BCUT2D eigenvalue weighted by molar-refractivity contribution is 6.04. The van der Waals surface area contributed by atoms with E-state index < -0.39 is 0 Å². The van der Waals surface area contributed by atoms with Crippen LogP contribution >= 0.6 is 0 Å². The number of anilines is 1. The van der Waals surface area contributed by atoms with Gasteiger partial charge in [0.2, 0.25) is 0 Å². The quantitative estimate of drug-likeness (QED) is 0.545. The highest BCUT2D eigenvalue weighted by Gasteiger charge is 2.18. The first kappa shape index (κ1) is 23.2. The fourth-order valence-corrected chi connectivity index (χ4v) is 3.88. The molecule has 3 aromatic rings. The zero-order valence-electron chi connectivity index (χ0n) is 19.4. The third kappa shape index (κ3) is 5.51. The lowest BCUT2D eigenvalue weighted by molar-refractivity contribution is -0.134. The molecule has 0 bridgehead atoms. The van der Waals surface area contributed by atoms with Gasteiger partial charge < -0.3 is 19.7 Å². The Kier molecular flexibility index (Phi) is 7.36. The largest absolute Gasteiger partial charge is 0.490 e. The van der Waals surface area contributed by atoms with Gasteiger partial charge in [0.05, 0.1) is 12.3 Å². The van der Waals surface area contributed by atoms with Gasteiger partial charge in [-0.3, -0.25) is 9.59 Å². The number of ether oxygens (including phenoxy) is 2. The molecule has 2 aromatic carbocycles. The molecular formula is C24H28N6O4. The predicted octanol–water partition coefficient (Wildman–Crippen LogP) is 3.01. The fourth-order valence-electron chi connectivity index (χ4n) is 3.88. The third-order valence-corrected chi connectivity index (χ3v) is 5.62. The Hall–Kier alpha value is -3.95. The van der Waals surface area contributed by atoms with Crippen LogP contribution in [0, 0.1) is 6.92 Å². The lowest BCUT2D eigenvalue weighted by Crippen LogP contribution is -2.38. The number of carbonyl (C=O) groups is 2. The lowest BCUT2D eigenvalue weighted by atomic mass is 10.1. The van der Waals surface area contributed by atoms with Crippen LogP contribution in [0.15, 0.2) is 42.7 Å². The average molecular weight is 465 g/mol. The Balaban J connectivity index is 1.43. The molecule has 0 spiro atoms. The standard InChI is InChI=1S/C24H28N6O4/c1-3-33-22-14-18(7-10-21(22)34-15-23(31)29-11-5-4-6-12-29)24(32)26-19-8-9-20(17(2)13-19)30-16-25-27-28-30/h7-10,13-14,16H,3-6,11-12,15H2,1-2H3,(H,26,32). The van der Waals surface area contributed by atoms with Crippen molar-refractivity contribution in [3.05, 3.63) is 53.9 Å². The van der Waals surface area contributed by atoms with Gasteiger partial charge in [-0.1, -0.05) is 0 Å². The minimum Gasteiger partial charge on any atom is -0.490 e. The Bertz CT molecular complexity index is 1140. The number of benzene rings is 2.